The summed E-state index contributed by atoms with van der Waals surface area (Å²) in [6, 6.07) is 12.0. The van der Waals surface area contributed by atoms with E-state index in [1.54, 1.807) is 29.8 Å². The van der Waals surface area contributed by atoms with Gasteiger partial charge in [-0.25, -0.2) is 0 Å². The quantitative estimate of drug-likeness (QED) is 0.632. The van der Waals surface area contributed by atoms with E-state index in [1.165, 1.54) is 0 Å². The number of piperazine rings is 1. The lowest BCUT2D eigenvalue weighted by Gasteiger charge is -2.35. The highest BCUT2D eigenvalue weighted by Gasteiger charge is 2.20. The summed E-state index contributed by atoms with van der Waals surface area (Å²) in [5.74, 6) is 0.0351. The number of pyridine rings is 1. The second kappa shape index (κ2) is 7.48. The highest BCUT2D eigenvalue weighted by Crippen LogP contribution is 2.35. The second-order valence-electron chi connectivity index (χ2n) is 6.13. The molecule has 26 heavy (non-hydrogen) atoms. The summed E-state index contributed by atoms with van der Waals surface area (Å²) in [7, 11) is 0. The molecule has 0 atom stereocenters. The fourth-order valence-electron chi connectivity index (χ4n) is 3.13. The maximum absolute atomic E-state index is 12.5. The SMILES string of the molecule is O=C(/C=C/c1sc2ccccc2c1Cl)N1CCN(c2ccncc2)CC1. The minimum absolute atomic E-state index is 0.0351. The van der Waals surface area contributed by atoms with Crippen LogP contribution >= 0.6 is 22.9 Å². The van der Waals surface area contributed by atoms with Crippen LogP contribution in [0.3, 0.4) is 0 Å². The molecular weight excluding hydrogens is 366 g/mol. The van der Waals surface area contributed by atoms with Gasteiger partial charge in [0.25, 0.3) is 0 Å². The van der Waals surface area contributed by atoms with Crippen LogP contribution < -0.4 is 4.90 Å². The standard InChI is InChI=1S/C20H18ClN3OS/c21-20-16-3-1-2-4-17(16)26-18(20)5-6-19(25)24-13-11-23(12-14-24)15-7-9-22-10-8-15/h1-10H,11-14H2/b6-5+. The second-order valence-corrected chi connectivity index (χ2v) is 7.59. The number of carbonyl (C=O) groups is 1. The largest absolute Gasteiger partial charge is 0.368 e. The van der Waals surface area contributed by atoms with E-state index in [4.69, 9.17) is 11.6 Å². The summed E-state index contributed by atoms with van der Waals surface area (Å²) in [6.07, 6.45) is 7.07. The molecule has 1 fully saturated rings. The molecule has 2 aromatic heterocycles. The van der Waals surface area contributed by atoms with Crippen molar-refractivity contribution in [2.75, 3.05) is 31.1 Å². The van der Waals surface area contributed by atoms with E-state index in [2.05, 4.69) is 9.88 Å². The van der Waals surface area contributed by atoms with Crippen LogP contribution in [0.4, 0.5) is 5.69 Å². The number of thiophene rings is 1. The van der Waals surface area contributed by atoms with E-state index in [0.29, 0.717) is 13.1 Å². The molecule has 0 unspecified atom stereocenters. The van der Waals surface area contributed by atoms with Gasteiger partial charge in [0, 0.05) is 65.3 Å². The monoisotopic (exact) mass is 383 g/mol. The Hall–Kier alpha value is -2.37. The van der Waals surface area contributed by atoms with Crippen molar-refractivity contribution < 1.29 is 4.79 Å². The van der Waals surface area contributed by atoms with Crippen LogP contribution in [0.1, 0.15) is 4.88 Å². The molecule has 3 heterocycles. The third-order valence-corrected chi connectivity index (χ3v) is 6.21. The normalized spacial score (nSPS) is 15.1. The Balaban J connectivity index is 1.41. The number of benzene rings is 1. The van der Waals surface area contributed by atoms with Crippen LogP contribution in [-0.4, -0.2) is 42.0 Å². The van der Waals surface area contributed by atoms with Gasteiger partial charge in [-0.1, -0.05) is 29.8 Å². The topological polar surface area (TPSA) is 36.4 Å². The first kappa shape index (κ1) is 17.1. The molecule has 0 saturated carbocycles. The maximum atomic E-state index is 12.5. The molecule has 0 radical (unpaired) electrons. The molecule has 132 valence electrons. The van der Waals surface area contributed by atoms with Crippen molar-refractivity contribution in [2.24, 2.45) is 0 Å². The Bertz CT molecular complexity index is 946. The molecule has 0 aliphatic carbocycles. The zero-order valence-corrected chi connectivity index (χ0v) is 15.7. The molecule has 1 aliphatic rings. The van der Waals surface area contributed by atoms with Gasteiger partial charge < -0.3 is 9.80 Å². The Morgan fingerprint density at radius 1 is 1.08 bits per heavy atom. The van der Waals surface area contributed by atoms with Crippen LogP contribution in [0.25, 0.3) is 16.2 Å². The van der Waals surface area contributed by atoms with Gasteiger partial charge in [-0.3, -0.25) is 9.78 Å². The molecule has 1 aliphatic heterocycles. The van der Waals surface area contributed by atoms with Crippen molar-refractivity contribution in [1.82, 2.24) is 9.88 Å². The van der Waals surface area contributed by atoms with Gasteiger partial charge in [-0.2, -0.15) is 0 Å². The van der Waals surface area contributed by atoms with E-state index in [0.717, 1.165) is 38.8 Å². The molecular formula is C20H18ClN3OS. The number of hydrogen-bond donors (Lipinski definition) is 0. The number of carbonyl (C=O) groups excluding carboxylic acids is 1. The number of nitrogens with zero attached hydrogens (tertiary/aromatic N) is 3. The van der Waals surface area contributed by atoms with Crippen molar-refractivity contribution in [2.45, 2.75) is 0 Å². The first-order valence-electron chi connectivity index (χ1n) is 8.51. The third-order valence-electron chi connectivity index (χ3n) is 4.56. The molecule has 1 aromatic carbocycles. The number of anilines is 1. The minimum Gasteiger partial charge on any atom is -0.368 e. The summed E-state index contributed by atoms with van der Waals surface area (Å²) in [4.78, 5) is 21.6. The summed E-state index contributed by atoms with van der Waals surface area (Å²) < 4.78 is 1.13. The fraction of sp³-hybridized carbons (Fsp3) is 0.200. The lowest BCUT2D eigenvalue weighted by atomic mass is 10.2. The number of fused-ring (bicyclic) bond motifs is 1. The summed E-state index contributed by atoms with van der Waals surface area (Å²) in [6.45, 7) is 3.08. The van der Waals surface area contributed by atoms with Gasteiger partial charge in [0.1, 0.15) is 0 Å². The highest BCUT2D eigenvalue weighted by molar-refractivity contribution is 7.20. The van der Waals surface area contributed by atoms with Gasteiger partial charge in [0.2, 0.25) is 5.91 Å². The van der Waals surface area contributed by atoms with Crippen molar-refractivity contribution >= 4 is 50.7 Å². The zero-order valence-electron chi connectivity index (χ0n) is 14.1. The minimum atomic E-state index is 0.0351. The van der Waals surface area contributed by atoms with Gasteiger partial charge in [-0.05, 0) is 24.3 Å². The average Bonchev–Trinajstić information content (AvgIpc) is 3.03. The molecule has 4 nitrogen and oxygen atoms in total. The Labute approximate surface area is 161 Å². The van der Waals surface area contributed by atoms with Crippen LogP contribution in [-0.2, 0) is 4.79 Å². The molecule has 6 heteroatoms. The number of amides is 1. The lowest BCUT2D eigenvalue weighted by molar-refractivity contribution is -0.126. The predicted octanol–water partition coefficient (Wildman–Crippen LogP) is 4.31. The van der Waals surface area contributed by atoms with Crippen LogP contribution in [0.15, 0.2) is 54.9 Å². The van der Waals surface area contributed by atoms with E-state index in [9.17, 15) is 4.79 Å². The smallest absolute Gasteiger partial charge is 0.246 e. The van der Waals surface area contributed by atoms with Crippen molar-refractivity contribution in [1.29, 1.82) is 0 Å². The van der Waals surface area contributed by atoms with Crippen molar-refractivity contribution in [3.05, 3.63) is 64.8 Å². The van der Waals surface area contributed by atoms with Crippen LogP contribution in [0.5, 0.6) is 0 Å². The summed E-state index contributed by atoms with van der Waals surface area (Å²) in [5.41, 5.74) is 1.15. The van der Waals surface area contributed by atoms with E-state index in [-0.39, 0.29) is 5.91 Å². The molecule has 0 N–H and O–H groups in total. The molecule has 3 aromatic rings. The molecule has 4 rings (SSSR count). The van der Waals surface area contributed by atoms with Gasteiger partial charge in [0.05, 0.1) is 5.02 Å². The van der Waals surface area contributed by atoms with E-state index >= 15 is 0 Å². The molecule has 1 saturated heterocycles. The number of hydrogen-bond acceptors (Lipinski definition) is 4. The van der Waals surface area contributed by atoms with Crippen LogP contribution in [0, 0.1) is 0 Å². The molecule has 0 spiro atoms. The Kier molecular flexibility index (Phi) is 4.91. The first-order valence-corrected chi connectivity index (χ1v) is 9.71. The number of rotatable bonds is 3. The maximum Gasteiger partial charge on any atom is 0.246 e. The van der Waals surface area contributed by atoms with Crippen molar-refractivity contribution in [3.63, 3.8) is 0 Å². The fourth-order valence-corrected chi connectivity index (χ4v) is 4.53. The average molecular weight is 384 g/mol. The predicted molar refractivity (Wildman–Crippen MR) is 109 cm³/mol. The summed E-state index contributed by atoms with van der Waals surface area (Å²) in [5, 5.41) is 1.76. The van der Waals surface area contributed by atoms with E-state index < -0.39 is 0 Å². The lowest BCUT2D eigenvalue weighted by Crippen LogP contribution is -2.48. The van der Waals surface area contributed by atoms with E-state index in [1.807, 2.05) is 47.4 Å². The zero-order chi connectivity index (χ0) is 17.9. The Morgan fingerprint density at radius 2 is 1.81 bits per heavy atom. The number of halogens is 1. The molecule has 0 bridgehead atoms. The van der Waals surface area contributed by atoms with Crippen molar-refractivity contribution in [3.8, 4) is 0 Å². The van der Waals surface area contributed by atoms with Crippen LogP contribution in [0.2, 0.25) is 5.02 Å². The first-order chi connectivity index (χ1) is 12.7. The van der Waals surface area contributed by atoms with Gasteiger partial charge >= 0.3 is 0 Å². The third kappa shape index (κ3) is 3.45. The van der Waals surface area contributed by atoms with Gasteiger partial charge in [0.15, 0.2) is 0 Å². The summed E-state index contributed by atoms with van der Waals surface area (Å²) >= 11 is 8.04. The van der Waals surface area contributed by atoms with Gasteiger partial charge in [-0.15, -0.1) is 11.3 Å². The molecule has 1 amide bonds. The Morgan fingerprint density at radius 3 is 2.54 bits per heavy atom. The number of aromatic nitrogens is 1. The highest BCUT2D eigenvalue weighted by atomic mass is 35.5.